The van der Waals surface area contributed by atoms with E-state index >= 15 is 0 Å². The number of carbonyl (C=O) groups is 1. The third-order valence-electron chi connectivity index (χ3n) is 8.24. The predicted molar refractivity (Wildman–Crippen MR) is 161 cm³/mol. The molecule has 1 amide bonds. The molecule has 2 aromatic carbocycles. The monoisotopic (exact) mass is 548 g/mol. The summed E-state index contributed by atoms with van der Waals surface area (Å²) in [6, 6.07) is 18.2. The van der Waals surface area contributed by atoms with Gasteiger partial charge in [0.05, 0.1) is 16.4 Å². The number of aromatic nitrogens is 4. The van der Waals surface area contributed by atoms with Crippen molar-refractivity contribution in [3.63, 3.8) is 0 Å². The Kier molecular flexibility index (Phi) is 6.77. The van der Waals surface area contributed by atoms with Gasteiger partial charge in [-0.15, -0.1) is 0 Å². The Bertz CT molecular complexity index is 1620. The van der Waals surface area contributed by atoms with E-state index in [9.17, 15) is 4.79 Å². The number of hydrogen-bond donors (Lipinski definition) is 1. The number of anilines is 2. The first kappa shape index (κ1) is 25.0. The Hall–Kier alpha value is -4.04. The normalized spacial score (nSPS) is 15.8. The first-order valence-electron chi connectivity index (χ1n) is 14.2. The lowest BCUT2D eigenvalue weighted by Gasteiger charge is -2.31. The molecule has 40 heavy (non-hydrogen) atoms. The second-order valence-electron chi connectivity index (χ2n) is 10.9. The van der Waals surface area contributed by atoms with Gasteiger partial charge in [0.1, 0.15) is 5.82 Å². The zero-order valence-corrected chi connectivity index (χ0v) is 23.2. The van der Waals surface area contributed by atoms with Gasteiger partial charge < -0.3 is 4.90 Å². The van der Waals surface area contributed by atoms with Crippen molar-refractivity contribution in [1.29, 1.82) is 0 Å². The summed E-state index contributed by atoms with van der Waals surface area (Å²) in [7, 11) is 0. The lowest BCUT2D eigenvalue weighted by atomic mass is 9.89. The fourth-order valence-electron chi connectivity index (χ4n) is 6.07. The van der Waals surface area contributed by atoms with Gasteiger partial charge in [0.25, 0.3) is 5.91 Å². The molecule has 1 fully saturated rings. The summed E-state index contributed by atoms with van der Waals surface area (Å²) in [5.41, 5.74) is 6.05. The van der Waals surface area contributed by atoms with Crippen LogP contribution in [0.4, 0.5) is 10.9 Å². The molecule has 0 unspecified atom stereocenters. The maximum absolute atomic E-state index is 13.3. The highest BCUT2D eigenvalue weighted by atomic mass is 32.1. The highest BCUT2D eigenvalue weighted by Crippen LogP contribution is 2.30. The number of para-hydroxylation sites is 1. The molecular formula is C32H32N6OS. The molecule has 0 atom stereocenters. The Balaban J connectivity index is 1.05. The van der Waals surface area contributed by atoms with Crippen molar-refractivity contribution >= 4 is 38.4 Å². The minimum absolute atomic E-state index is 0.119. The number of carbonyl (C=O) groups excluding carboxylic acids is 1. The molecule has 1 aliphatic heterocycles. The fraction of sp³-hybridized carbons (Fsp3) is 0.312. The van der Waals surface area contributed by atoms with Crippen molar-refractivity contribution in [2.24, 2.45) is 5.92 Å². The number of pyridine rings is 1. The molecule has 7 rings (SSSR count). The van der Waals surface area contributed by atoms with E-state index in [-0.39, 0.29) is 5.91 Å². The van der Waals surface area contributed by atoms with Gasteiger partial charge in [0, 0.05) is 48.7 Å². The Labute approximate surface area is 237 Å². The topological polar surface area (TPSA) is 75.9 Å². The maximum atomic E-state index is 13.3. The van der Waals surface area contributed by atoms with Gasteiger partial charge in [-0.25, -0.2) is 9.97 Å². The molecule has 3 aromatic heterocycles. The molecule has 2 aliphatic rings. The molecular weight excluding hydrogens is 516 g/mol. The number of nitrogens with one attached hydrogen (secondary N) is 1. The lowest BCUT2D eigenvalue weighted by Crippen LogP contribution is -2.32. The second-order valence-corrected chi connectivity index (χ2v) is 11.9. The van der Waals surface area contributed by atoms with Crippen molar-refractivity contribution < 1.29 is 4.79 Å². The highest BCUT2D eigenvalue weighted by Gasteiger charge is 2.23. The molecule has 0 spiro atoms. The van der Waals surface area contributed by atoms with Gasteiger partial charge in [-0.2, -0.15) is 5.10 Å². The number of fused-ring (bicyclic) bond motifs is 2. The molecule has 1 N–H and O–H groups in total. The van der Waals surface area contributed by atoms with E-state index in [1.54, 1.807) is 0 Å². The van der Waals surface area contributed by atoms with E-state index in [0.29, 0.717) is 17.2 Å². The van der Waals surface area contributed by atoms with Crippen molar-refractivity contribution in [1.82, 2.24) is 19.7 Å². The van der Waals surface area contributed by atoms with Gasteiger partial charge >= 0.3 is 0 Å². The molecule has 4 heterocycles. The van der Waals surface area contributed by atoms with Crippen LogP contribution in [0.15, 0.2) is 73.2 Å². The largest absolute Gasteiger partial charge is 0.352 e. The Morgan fingerprint density at radius 2 is 1.88 bits per heavy atom. The van der Waals surface area contributed by atoms with Crippen molar-refractivity contribution in [2.75, 3.05) is 16.8 Å². The average Bonchev–Trinajstić information content (AvgIpc) is 3.64. The Morgan fingerprint density at radius 1 is 0.975 bits per heavy atom. The van der Waals surface area contributed by atoms with E-state index in [0.717, 1.165) is 58.2 Å². The lowest BCUT2D eigenvalue weighted by molar-refractivity contribution is 0.102. The molecule has 5 aromatic rings. The van der Waals surface area contributed by atoms with Crippen LogP contribution in [0.5, 0.6) is 0 Å². The molecule has 202 valence electrons. The minimum atomic E-state index is -0.119. The van der Waals surface area contributed by atoms with E-state index in [1.807, 2.05) is 48.8 Å². The quantitative estimate of drug-likeness (QED) is 0.249. The molecule has 7 nitrogen and oxygen atoms in total. The fourth-order valence-corrected chi connectivity index (χ4v) is 6.93. The van der Waals surface area contributed by atoms with Gasteiger partial charge in [0.15, 0.2) is 5.13 Å². The number of thiazole rings is 1. The average molecular weight is 549 g/mol. The molecule has 0 bridgehead atoms. The SMILES string of the molecule is O=C(Nc1nc2ccccc2s1)c1cccc2c1CN(c1ccc(-c3cnn(CC4CCCCC4)c3)cn1)CC2. The first-order chi connectivity index (χ1) is 19.7. The zero-order valence-electron chi connectivity index (χ0n) is 22.4. The summed E-state index contributed by atoms with van der Waals surface area (Å²) in [6.45, 7) is 2.51. The van der Waals surface area contributed by atoms with Crippen molar-refractivity contribution in [2.45, 2.75) is 51.6 Å². The van der Waals surface area contributed by atoms with E-state index in [4.69, 9.17) is 4.98 Å². The summed E-state index contributed by atoms with van der Waals surface area (Å²) in [4.78, 5) is 25.0. The maximum Gasteiger partial charge on any atom is 0.257 e. The van der Waals surface area contributed by atoms with Crippen LogP contribution in [0.3, 0.4) is 0 Å². The second kappa shape index (κ2) is 10.8. The Morgan fingerprint density at radius 3 is 2.73 bits per heavy atom. The number of benzene rings is 2. The summed E-state index contributed by atoms with van der Waals surface area (Å²) in [5, 5.41) is 8.28. The molecule has 1 saturated carbocycles. The molecule has 8 heteroatoms. The summed E-state index contributed by atoms with van der Waals surface area (Å²) >= 11 is 1.50. The smallest absolute Gasteiger partial charge is 0.257 e. The summed E-state index contributed by atoms with van der Waals surface area (Å²) in [5.74, 6) is 1.55. The molecule has 1 aliphatic carbocycles. The standard InChI is InChI=1S/C32H32N6OS/c39-31(36-32-35-28-11-4-5-12-29(28)40-32)26-10-6-9-23-15-16-37(21-27(23)26)30-14-13-24(17-33-30)25-18-34-38(20-25)19-22-7-2-1-3-8-22/h4-6,9-14,17-18,20,22H,1-3,7-8,15-16,19,21H2,(H,35,36,39). The minimum Gasteiger partial charge on any atom is -0.352 e. The van der Waals surface area contributed by atoms with Crippen LogP contribution in [0, 0.1) is 5.92 Å². The van der Waals surface area contributed by atoms with Crippen LogP contribution in [-0.4, -0.2) is 32.2 Å². The van der Waals surface area contributed by atoms with Gasteiger partial charge in [0.2, 0.25) is 0 Å². The van der Waals surface area contributed by atoms with Gasteiger partial charge in [-0.05, 0) is 66.6 Å². The van der Waals surface area contributed by atoms with Crippen LogP contribution in [0.25, 0.3) is 21.3 Å². The summed E-state index contributed by atoms with van der Waals surface area (Å²) < 4.78 is 3.16. The van der Waals surface area contributed by atoms with Crippen LogP contribution in [-0.2, 0) is 19.5 Å². The van der Waals surface area contributed by atoms with E-state index in [2.05, 4.69) is 49.4 Å². The number of rotatable bonds is 6. The first-order valence-corrected chi connectivity index (χ1v) is 15.0. The van der Waals surface area contributed by atoms with Crippen molar-refractivity contribution in [3.8, 4) is 11.1 Å². The van der Waals surface area contributed by atoms with E-state index in [1.165, 1.54) is 49.0 Å². The zero-order chi connectivity index (χ0) is 26.9. The van der Waals surface area contributed by atoms with Gasteiger partial charge in [-0.3, -0.25) is 14.8 Å². The van der Waals surface area contributed by atoms with Crippen molar-refractivity contribution in [3.05, 3.63) is 89.9 Å². The summed E-state index contributed by atoms with van der Waals surface area (Å²) in [6.07, 6.45) is 13.6. The number of amides is 1. The van der Waals surface area contributed by atoms with Crippen LogP contribution in [0.2, 0.25) is 0 Å². The van der Waals surface area contributed by atoms with Crippen LogP contribution >= 0.6 is 11.3 Å². The van der Waals surface area contributed by atoms with Crippen LogP contribution in [0.1, 0.15) is 53.6 Å². The predicted octanol–water partition coefficient (Wildman–Crippen LogP) is 6.95. The molecule has 0 saturated heterocycles. The van der Waals surface area contributed by atoms with Crippen LogP contribution < -0.4 is 10.2 Å². The highest BCUT2D eigenvalue weighted by molar-refractivity contribution is 7.22. The third-order valence-corrected chi connectivity index (χ3v) is 9.19. The number of hydrogen-bond acceptors (Lipinski definition) is 6. The van der Waals surface area contributed by atoms with Gasteiger partial charge in [-0.1, -0.05) is 54.9 Å². The number of nitrogens with zero attached hydrogens (tertiary/aromatic N) is 5. The third kappa shape index (κ3) is 5.11. The molecule has 0 radical (unpaired) electrons. The van der Waals surface area contributed by atoms with E-state index < -0.39 is 0 Å².